The normalized spacial score (nSPS) is 16.3. The predicted molar refractivity (Wildman–Crippen MR) is 103 cm³/mol. The van der Waals surface area contributed by atoms with E-state index in [1.54, 1.807) is 24.1 Å². The largest absolute Gasteiger partial charge is 0.416 e. The van der Waals surface area contributed by atoms with Crippen LogP contribution in [0.4, 0.5) is 26.3 Å². The molecule has 0 spiro atoms. The lowest BCUT2D eigenvalue weighted by Crippen LogP contribution is -2.50. The van der Waals surface area contributed by atoms with Crippen molar-refractivity contribution in [1.29, 1.82) is 0 Å². The topological polar surface area (TPSA) is 75.5 Å². The number of hydrogen-bond donors (Lipinski definition) is 0. The molecule has 1 amide bonds. The minimum atomic E-state index is -5.16. The molecule has 1 aromatic heterocycles. The maximum absolute atomic E-state index is 13.1. The molecule has 0 radical (unpaired) electrons. The third kappa shape index (κ3) is 5.85. The number of aryl methyl sites for hydroxylation is 2. The van der Waals surface area contributed by atoms with Gasteiger partial charge in [-0.15, -0.1) is 0 Å². The van der Waals surface area contributed by atoms with E-state index in [2.05, 4.69) is 5.10 Å². The van der Waals surface area contributed by atoms with E-state index in [1.807, 2.05) is 0 Å². The third-order valence-corrected chi connectivity index (χ3v) is 7.05. The number of carbonyl (C=O) groups is 1. The monoisotopic (exact) mass is 498 g/mol. The highest BCUT2D eigenvalue weighted by Gasteiger charge is 2.39. The summed E-state index contributed by atoms with van der Waals surface area (Å²) < 4.78 is 106. The van der Waals surface area contributed by atoms with Crippen LogP contribution in [0.1, 0.15) is 23.1 Å². The van der Waals surface area contributed by atoms with Crippen LogP contribution in [0.3, 0.4) is 0 Å². The quantitative estimate of drug-likeness (QED) is 0.595. The zero-order valence-electron chi connectivity index (χ0n) is 17.3. The Bertz CT molecular complexity index is 1090. The Morgan fingerprint density at radius 2 is 1.52 bits per heavy atom. The van der Waals surface area contributed by atoms with Crippen molar-refractivity contribution in [3.63, 3.8) is 0 Å². The van der Waals surface area contributed by atoms with Gasteiger partial charge in [0, 0.05) is 45.8 Å². The number of rotatable bonds is 5. The Morgan fingerprint density at radius 1 is 0.970 bits per heavy atom. The second kappa shape index (κ2) is 8.97. The molecule has 14 heteroatoms. The molecule has 2 aromatic rings. The van der Waals surface area contributed by atoms with Crippen molar-refractivity contribution in [2.24, 2.45) is 7.05 Å². The predicted octanol–water partition coefficient (Wildman–Crippen LogP) is 2.92. The number of halogens is 6. The molecule has 1 aliphatic rings. The number of carbonyl (C=O) groups excluding carboxylic acids is 1. The third-order valence-electron chi connectivity index (χ3n) is 5.18. The van der Waals surface area contributed by atoms with Gasteiger partial charge in [0.05, 0.1) is 22.2 Å². The molecule has 0 atom stereocenters. The number of piperazine rings is 1. The molecule has 33 heavy (non-hydrogen) atoms. The lowest BCUT2D eigenvalue weighted by atomic mass is 10.1. The Kier molecular flexibility index (Phi) is 6.80. The molecule has 7 nitrogen and oxygen atoms in total. The number of amides is 1. The molecule has 0 bridgehead atoms. The summed E-state index contributed by atoms with van der Waals surface area (Å²) in [6, 6.07) is 0.254. The fourth-order valence-corrected chi connectivity index (χ4v) is 4.91. The van der Waals surface area contributed by atoms with Crippen LogP contribution in [-0.2, 0) is 40.6 Å². The van der Waals surface area contributed by atoms with E-state index in [-0.39, 0.29) is 56.7 Å². The summed E-state index contributed by atoms with van der Waals surface area (Å²) in [5.41, 5.74) is -2.57. The summed E-state index contributed by atoms with van der Waals surface area (Å²) in [4.78, 5) is 12.7. The first-order chi connectivity index (χ1) is 15.2. The number of hydrogen-bond acceptors (Lipinski definition) is 4. The molecule has 0 unspecified atom stereocenters. The van der Waals surface area contributed by atoms with E-state index >= 15 is 0 Å². The van der Waals surface area contributed by atoms with Gasteiger partial charge in [0.15, 0.2) is 0 Å². The Hall–Kier alpha value is -2.61. The molecule has 1 aromatic carbocycles. The SMILES string of the molecule is Cn1cc(CCC(=O)N2CCN(S(=O)(=O)c3cc(C(F)(F)F)cc(C(F)(F)F)c3)CC2)cn1. The van der Waals surface area contributed by atoms with Gasteiger partial charge in [0.25, 0.3) is 0 Å². The van der Waals surface area contributed by atoms with E-state index in [4.69, 9.17) is 0 Å². The van der Waals surface area contributed by atoms with Gasteiger partial charge in [-0.2, -0.15) is 35.7 Å². The van der Waals surface area contributed by atoms with Crippen molar-refractivity contribution in [1.82, 2.24) is 19.0 Å². The van der Waals surface area contributed by atoms with E-state index in [9.17, 15) is 39.6 Å². The average molecular weight is 498 g/mol. The van der Waals surface area contributed by atoms with E-state index in [1.165, 1.54) is 4.90 Å². The minimum Gasteiger partial charge on any atom is -0.340 e. The fourth-order valence-electron chi connectivity index (χ4n) is 3.41. The van der Waals surface area contributed by atoms with Gasteiger partial charge in [-0.25, -0.2) is 8.42 Å². The van der Waals surface area contributed by atoms with Crippen LogP contribution >= 0.6 is 0 Å². The maximum Gasteiger partial charge on any atom is 0.416 e. The molecular formula is C19H20F6N4O3S. The minimum absolute atomic E-state index is 0.0316. The van der Waals surface area contributed by atoms with Gasteiger partial charge in [-0.05, 0) is 30.2 Å². The van der Waals surface area contributed by atoms with Crippen LogP contribution in [0.15, 0.2) is 35.5 Å². The van der Waals surface area contributed by atoms with Crippen LogP contribution in [0.2, 0.25) is 0 Å². The molecule has 3 rings (SSSR count). The lowest BCUT2D eigenvalue weighted by molar-refractivity contribution is -0.143. The van der Waals surface area contributed by atoms with Crippen LogP contribution in [0.5, 0.6) is 0 Å². The number of alkyl halides is 6. The molecule has 0 saturated carbocycles. The maximum atomic E-state index is 13.1. The molecular weight excluding hydrogens is 478 g/mol. The first-order valence-electron chi connectivity index (χ1n) is 9.73. The van der Waals surface area contributed by atoms with E-state index in [0.29, 0.717) is 6.42 Å². The van der Waals surface area contributed by atoms with Crippen molar-refractivity contribution in [3.05, 3.63) is 47.3 Å². The van der Waals surface area contributed by atoms with Crippen molar-refractivity contribution >= 4 is 15.9 Å². The van der Waals surface area contributed by atoms with E-state index < -0.39 is 38.4 Å². The smallest absolute Gasteiger partial charge is 0.340 e. The summed E-state index contributed by atoms with van der Waals surface area (Å²) in [7, 11) is -2.92. The summed E-state index contributed by atoms with van der Waals surface area (Å²) in [5, 5.41) is 3.99. The Labute approximate surface area is 185 Å². The van der Waals surface area contributed by atoms with Gasteiger partial charge in [0.1, 0.15) is 0 Å². The van der Waals surface area contributed by atoms with Crippen molar-refractivity contribution in [2.75, 3.05) is 26.2 Å². The summed E-state index contributed by atoms with van der Waals surface area (Å²) >= 11 is 0. The lowest BCUT2D eigenvalue weighted by Gasteiger charge is -2.34. The molecule has 1 fully saturated rings. The number of sulfonamides is 1. The first-order valence-corrected chi connectivity index (χ1v) is 11.2. The standard InChI is InChI=1S/C19H20F6N4O3S/c1-27-12-13(11-26-27)2-3-17(30)28-4-6-29(7-5-28)33(31,32)16-9-14(18(20,21)22)8-15(10-16)19(23,24)25/h8-12H,2-7H2,1H3. The summed E-state index contributed by atoms with van der Waals surface area (Å²) in [5.74, 6) is -0.241. The van der Waals surface area contributed by atoms with Crippen molar-refractivity contribution in [2.45, 2.75) is 30.1 Å². The Balaban J connectivity index is 1.72. The van der Waals surface area contributed by atoms with Crippen LogP contribution in [0.25, 0.3) is 0 Å². The molecule has 1 saturated heterocycles. The summed E-state index contributed by atoms with van der Waals surface area (Å²) in [6.45, 7) is -0.566. The highest BCUT2D eigenvalue weighted by Crippen LogP contribution is 2.37. The van der Waals surface area contributed by atoms with Gasteiger partial charge in [0.2, 0.25) is 15.9 Å². The number of benzene rings is 1. The summed E-state index contributed by atoms with van der Waals surface area (Å²) in [6.07, 6.45) is -6.38. The Morgan fingerprint density at radius 3 is 1.97 bits per heavy atom. The van der Waals surface area contributed by atoms with Crippen molar-refractivity contribution in [3.8, 4) is 0 Å². The molecule has 0 N–H and O–H groups in total. The molecule has 2 heterocycles. The van der Waals surface area contributed by atoms with Gasteiger partial charge < -0.3 is 4.90 Å². The number of aromatic nitrogens is 2. The van der Waals surface area contributed by atoms with Gasteiger partial charge >= 0.3 is 12.4 Å². The zero-order valence-corrected chi connectivity index (χ0v) is 18.1. The molecule has 1 aliphatic heterocycles. The van der Waals surface area contributed by atoms with Crippen LogP contribution in [0, 0.1) is 0 Å². The van der Waals surface area contributed by atoms with Crippen LogP contribution in [-0.4, -0.2) is 59.5 Å². The second-order valence-electron chi connectivity index (χ2n) is 7.55. The van der Waals surface area contributed by atoms with Crippen molar-refractivity contribution < 1.29 is 39.6 Å². The van der Waals surface area contributed by atoms with E-state index in [0.717, 1.165) is 9.87 Å². The van der Waals surface area contributed by atoms with Crippen LogP contribution < -0.4 is 0 Å². The van der Waals surface area contributed by atoms with Gasteiger partial charge in [-0.3, -0.25) is 9.48 Å². The number of nitrogens with zero attached hydrogens (tertiary/aromatic N) is 4. The molecule has 0 aliphatic carbocycles. The second-order valence-corrected chi connectivity index (χ2v) is 9.49. The highest BCUT2D eigenvalue weighted by atomic mass is 32.2. The molecule has 182 valence electrons. The highest BCUT2D eigenvalue weighted by molar-refractivity contribution is 7.89. The zero-order chi connectivity index (χ0) is 24.6. The average Bonchev–Trinajstić information content (AvgIpc) is 3.15. The fraction of sp³-hybridized carbons (Fsp3) is 0.474. The first kappa shape index (κ1) is 25.0. The van der Waals surface area contributed by atoms with Gasteiger partial charge in [-0.1, -0.05) is 0 Å².